The third-order valence-electron chi connectivity index (χ3n) is 3.89. The molecule has 0 spiro atoms. The molecule has 0 aromatic heterocycles. The van der Waals surface area contributed by atoms with Gasteiger partial charge in [0.25, 0.3) is 0 Å². The van der Waals surface area contributed by atoms with E-state index in [1.807, 2.05) is 24.3 Å². The van der Waals surface area contributed by atoms with Crippen molar-refractivity contribution in [3.63, 3.8) is 0 Å². The Hall–Kier alpha value is -1.59. The van der Waals surface area contributed by atoms with E-state index in [4.69, 9.17) is 37.4 Å². The molecule has 2 aromatic rings. The molecule has 0 atom stereocenters. The molecule has 0 saturated carbocycles. The lowest BCUT2D eigenvalue weighted by Gasteiger charge is -2.20. The first-order valence-electron chi connectivity index (χ1n) is 7.83. The van der Waals surface area contributed by atoms with Crippen LogP contribution >= 0.6 is 35.6 Å². The van der Waals surface area contributed by atoms with Crippen LogP contribution in [0.2, 0.25) is 10.0 Å². The number of benzene rings is 2. The second kappa shape index (κ2) is 9.38. The summed E-state index contributed by atoms with van der Waals surface area (Å²) in [7, 11) is 3.29. The van der Waals surface area contributed by atoms with Gasteiger partial charge in [-0.2, -0.15) is 0 Å². The van der Waals surface area contributed by atoms with Gasteiger partial charge in [-0.15, -0.1) is 12.4 Å². The Labute approximate surface area is 169 Å². The Kier molecular flexibility index (Phi) is 7.47. The van der Waals surface area contributed by atoms with Crippen molar-refractivity contribution in [2.45, 2.75) is 6.54 Å². The predicted molar refractivity (Wildman–Crippen MR) is 108 cm³/mol. The summed E-state index contributed by atoms with van der Waals surface area (Å²) in [5.41, 5.74) is 3.12. The van der Waals surface area contributed by atoms with Crippen molar-refractivity contribution in [3.05, 3.63) is 57.1 Å². The van der Waals surface area contributed by atoms with Crippen LogP contribution in [0.3, 0.4) is 0 Å². The van der Waals surface area contributed by atoms with Crippen LogP contribution in [-0.2, 0) is 6.54 Å². The Balaban J connectivity index is 0.00000243. The molecule has 0 bridgehead atoms. The second-order valence-electron chi connectivity index (χ2n) is 5.72. The molecule has 0 radical (unpaired) electrons. The maximum Gasteiger partial charge on any atom is 0.145 e. The Morgan fingerprint density at radius 2 is 1.69 bits per heavy atom. The summed E-state index contributed by atoms with van der Waals surface area (Å²) in [5, 5.41) is 4.54. The summed E-state index contributed by atoms with van der Waals surface area (Å²) < 4.78 is 16.3. The topological polar surface area (TPSA) is 39.7 Å². The van der Waals surface area contributed by atoms with Crippen molar-refractivity contribution in [1.82, 2.24) is 5.32 Å². The van der Waals surface area contributed by atoms with Crippen LogP contribution in [0, 0.1) is 0 Å². The highest BCUT2D eigenvalue weighted by Gasteiger charge is 2.15. The summed E-state index contributed by atoms with van der Waals surface area (Å²) in [6.07, 6.45) is 2.07. The van der Waals surface area contributed by atoms with Gasteiger partial charge in [0.05, 0.1) is 19.2 Å². The van der Waals surface area contributed by atoms with Crippen LogP contribution in [0.5, 0.6) is 17.2 Å². The van der Waals surface area contributed by atoms with Gasteiger partial charge in [0.2, 0.25) is 0 Å². The van der Waals surface area contributed by atoms with Gasteiger partial charge in [-0.05, 0) is 41.5 Å². The number of hydrogen-bond donors (Lipinski definition) is 1. The first kappa shape index (κ1) is 20.7. The summed E-state index contributed by atoms with van der Waals surface area (Å²) in [5.74, 6) is 2.23. The normalized spacial score (nSPS) is 12.4. The number of fused-ring (bicyclic) bond motifs is 1. The van der Waals surface area contributed by atoms with E-state index in [2.05, 4.69) is 11.4 Å². The molecule has 1 aliphatic rings. The number of rotatable bonds is 6. The molecule has 0 fully saturated rings. The zero-order chi connectivity index (χ0) is 17.8. The van der Waals surface area contributed by atoms with Gasteiger partial charge in [0.15, 0.2) is 0 Å². The lowest BCUT2D eigenvalue weighted by molar-refractivity contribution is 0.343. The highest BCUT2D eigenvalue weighted by molar-refractivity contribution is 6.36. The molecular weight excluding hydrogens is 397 g/mol. The average molecular weight is 417 g/mol. The summed E-state index contributed by atoms with van der Waals surface area (Å²) in [6, 6.07) is 9.36. The maximum atomic E-state index is 6.16. The minimum absolute atomic E-state index is 0. The molecule has 0 amide bonds. The number of ether oxygens (including phenoxy) is 3. The number of nitrogens with one attached hydrogen (secondary N) is 1. The molecule has 4 nitrogen and oxygen atoms in total. The maximum absolute atomic E-state index is 6.16. The summed E-state index contributed by atoms with van der Waals surface area (Å²) in [4.78, 5) is 0. The fourth-order valence-electron chi connectivity index (χ4n) is 2.70. The van der Waals surface area contributed by atoms with E-state index in [0.29, 0.717) is 35.5 Å². The van der Waals surface area contributed by atoms with Crippen molar-refractivity contribution in [2.75, 3.05) is 27.4 Å². The van der Waals surface area contributed by atoms with Gasteiger partial charge < -0.3 is 19.5 Å². The van der Waals surface area contributed by atoms with Gasteiger partial charge in [0, 0.05) is 29.7 Å². The van der Waals surface area contributed by atoms with E-state index in [9.17, 15) is 0 Å². The molecule has 0 unspecified atom stereocenters. The Morgan fingerprint density at radius 1 is 1.00 bits per heavy atom. The monoisotopic (exact) mass is 415 g/mol. The van der Waals surface area contributed by atoms with Gasteiger partial charge in [-0.1, -0.05) is 23.2 Å². The van der Waals surface area contributed by atoms with Crippen LogP contribution in [-0.4, -0.2) is 27.4 Å². The van der Waals surface area contributed by atoms with Crippen LogP contribution in [0.15, 0.2) is 35.9 Å². The summed E-state index contributed by atoms with van der Waals surface area (Å²) in [6.45, 7) is 1.89. The molecule has 140 valence electrons. The third kappa shape index (κ3) is 4.98. The second-order valence-corrected chi connectivity index (χ2v) is 6.57. The highest BCUT2D eigenvalue weighted by atomic mass is 35.5. The van der Waals surface area contributed by atoms with Crippen LogP contribution < -0.4 is 19.5 Å². The van der Waals surface area contributed by atoms with Gasteiger partial charge in [0.1, 0.15) is 23.9 Å². The zero-order valence-electron chi connectivity index (χ0n) is 14.5. The van der Waals surface area contributed by atoms with Gasteiger partial charge in [-0.3, -0.25) is 0 Å². The molecule has 26 heavy (non-hydrogen) atoms. The number of halogens is 3. The highest BCUT2D eigenvalue weighted by Crippen LogP contribution is 2.36. The molecule has 0 aliphatic carbocycles. The SMILES string of the molecule is COc1cc(CNCC2=Cc3cc(Cl)cc(Cl)c3OC2)cc(OC)c1.Cl. The van der Waals surface area contributed by atoms with E-state index in [1.54, 1.807) is 20.3 Å². The van der Waals surface area contributed by atoms with E-state index in [0.717, 1.165) is 28.2 Å². The van der Waals surface area contributed by atoms with Crippen LogP contribution in [0.4, 0.5) is 0 Å². The van der Waals surface area contributed by atoms with Crippen LogP contribution in [0.25, 0.3) is 6.08 Å². The van der Waals surface area contributed by atoms with Crippen molar-refractivity contribution in [2.24, 2.45) is 0 Å². The van der Waals surface area contributed by atoms with E-state index in [-0.39, 0.29) is 12.4 Å². The molecule has 2 aromatic carbocycles. The molecule has 1 aliphatic heterocycles. The molecule has 3 rings (SSSR count). The first-order valence-corrected chi connectivity index (χ1v) is 8.58. The fourth-order valence-corrected chi connectivity index (χ4v) is 3.27. The fraction of sp³-hybridized carbons (Fsp3) is 0.263. The first-order chi connectivity index (χ1) is 12.1. The molecule has 1 N–H and O–H groups in total. The van der Waals surface area contributed by atoms with Crippen molar-refractivity contribution in [1.29, 1.82) is 0 Å². The molecule has 0 saturated heterocycles. The van der Waals surface area contributed by atoms with Crippen molar-refractivity contribution >= 4 is 41.7 Å². The molecular formula is C19H20Cl3NO3. The Morgan fingerprint density at radius 3 is 2.35 bits per heavy atom. The number of hydrogen-bond acceptors (Lipinski definition) is 4. The van der Waals surface area contributed by atoms with E-state index in [1.165, 1.54) is 0 Å². The minimum Gasteiger partial charge on any atom is -0.497 e. The number of methoxy groups -OCH3 is 2. The lowest BCUT2D eigenvalue weighted by atomic mass is 10.1. The molecule has 1 heterocycles. The lowest BCUT2D eigenvalue weighted by Crippen LogP contribution is -2.21. The minimum atomic E-state index is 0. The van der Waals surface area contributed by atoms with E-state index >= 15 is 0 Å². The Bertz CT molecular complexity index is 787. The largest absolute Gasteiger partial charge is 0.497 e. The standard InChI is InChI=1S/C19H19Cl2NO3.ClH/c1-23-16-4-12(5-17(8-16)24-2)9-22-10-13-3-14-6-15(20)7-18(21)19(14)25-11-13;/h3-8,22H,9-11H2,1-2H3;1H. The average Bonchev–Trinajstić information content (AvgIpc) is 2.61. The van der Waals surface area contributed by atoms with Gasteiger partial charge in [-0.25, -0.2) is 0 Å². The summed E-state index contributed by atoms with van der Waals surface area (Å²) >= 11 is 12.2. The van der Waals surface area contributed by atoms with Gasteiger partial charge >= 0.3 is 0 Å². The molecule has 7 heteroatoms. The smallest absolute Gasteiger partial charge is 0.145 e. The van der Waals surface area contributed by atoms with Crippen molar-refractivity contribution in [3.8, 4) is 17.2 Å². The quantitative estimate of drug-likeness (QED) is 0.719. The van der Waals surface area contributed by atoms with Crippen molar-refractivity contribution < 1.29 is 14.2 Å². The zero-order valence-corrected chi connectivity index (χ0v) is 16.8. The predicted octanol–water partition coefficient (Wildman–Crippen LogP) is 5.00. The third-order valence-corrected chi connectivity index (χ3v) is 4.39. The van der Waals surface area contributed by atoms with E-state index < -0.39 is 0 Å². The van der Waals surface area contributed by atoms with Crippen LogP contribution in [0.1, 0.15) is 11.1 Å².